The molecule has 2 aromatic heterocycles. The van der Waals surface area contributed by atoms with Gasteiger partial charge in [-0.05, 0) is 57.4 Å². The van der Waals surface area contributed by atoms with Crippen LogP contribution in [0.5, 0.6) is 0 Å². The summed E-state index contributed by atoms with van der Waals surface area (Å²) in [5.74, 6) is -0.674. The van der Waals surface area contributed by atoms with Gasteiger partial charge < -0.3 is 15.4 Å². The number of amides is 1. The maximum atomic E-state index is 13.1. The van der Waals surface area contributed by atoms with Crippen molar-refractivity contribution in [3.05, 3.63) is 64.6 Å². The Bertz CT molecular complexity index is 1150. The van der Waals surface area contributed by atoms with Crippen molar-refractivity contribution < 1.29 is 13.9 Å². The first-order valence-corrected chi connectivity index (χ1v) is 12.5. The summed E-state index contributed by atoms with van der Waals surface area (Å²) in [6, 6.07) is 1.80. The van der Waals surface area contributed by atoms with Crippen LogP contribution in [0.2, 0.25) is 5.28 Å². The lowest BCUT2D eigenvalue weighted by molar-refractivity contribution is 0.0171. The normalized spacial score (nSPS) is 16.5. The van der Waals surface area contributed by atoms with Gasteiger partial charge in [-0.1, -0.05) is 25.7 Å². The molecule has 0 radical (unpaired) electrons. The number of halogens is 2. The zero-order valence-corrected chi connectivity index (χ0v) is 22.0. The summed E-state index contributed by atoms with van der Waals surface area (Å²) in [7, 11) is 0. The molecule has 35 heavy (non-hydrogen) atoms. The molecule has 0 aliphatic carbocycles. The van der Waals surface area contributed by atoms with Crippen LogP contribution < -0.4 is 5.73 Å². The van der Waals surface area contributed by atoms with E-state index in [1.165, 1.54) is 6.08 Å². The molecular formula is C25H31ClFN5O2S. The minimum absolute atomic E-state index is 0.0210. The molecule has 0 atom stereocenters. The predicted molar refractivity (Wildman–Crippen MR) is 138 cm³/mol. The van der Waals surface area contributed by atoms with E-state index in [2.05, 4.69) is 23.5 Å². The highest BCUT2D eigenvalue weighted by Gasteiger charge is 2.37. The number of aromatic nitrogens is 3. The van der Waals surface area contributed by atoms with Crippen molar-refractivity contribution in [3.63, 3.8) is 0 Å². The second kappa shape index (κ2) is 10.9. The lowest BCUT2D eigenvalue weighted by Gasteiger charge is -2.38. The van der Waals surface area contributed by atoms with Crippen LogP contribution in [0.4, 0.5) is 9.18 Å². The minimum Gasteiger partial charge on any atom is -0.444 e. The first kappa shape index (κ1) is 26.8. The molecule has 0 saturated carbocycles. The number of allylic oxidation sites excluding steroid dienone is 4. The molecule has 0 unspecified atom stereocenters. The van der Waals surface area contributed by atoms with E-state index in [0.717, 1.165) is 28.4 Å². The van der Waals surface area contributed by atoms with Crippen LogP contribution in [0.3, 0.4) is 0 Å². The lowest BCUT2D eigenvalue weighted by Crippen LogP contribution is -2.45. The van der Waals surface area contributed by atoms with Crippen LogP contribution in [-0.2, 0) is 16.6 Å². The van der Waals surface area contributed by atoms with Crippen molar-refractivity contribution >= 4 is 29.0 Å². The number of thiazole rings is 1. The third-order valence-electron chi connectivity index (χ3n) is 5.63. The first-order valence-electron chi connectivity index (χ1n) is 11.3. The van der Waals surface area contributed by atoms with Crippen molar-refractivity contribution in [1.29, 1.82) is 0 Å². The van der Waals surface area contributed by atoms with E-state index in [9.17, 15) is 9.18 Å². The lowest BCUT2D eigenvalue weighted by atomic mass is 9.81. The third-order valence-corrected chi connectivity index (χ3v) is 7.24. The van der Waals surface area contributed by atoms with E-state index in [1.54, 1.807) is 34.6 Å². The Balaban J connectivity index is 1.84. The molecule has 1 amide bonds. The van der Waals surface area contributed by atoms with Gasteiger partial charge in [-0.2, -0.15) is 0 Å². The zero-order valence-electron chi connectivity index (χ0n) is 20.5. The Labute approximate surface area is 214 Å². The third kappa shape index (κ3) is 7.11. The quantitative estimate of drug-likeness (QED) is 0.373. The SMILES string of the molecule is C=C(F)/C(N)=C\C=C/Cc1nc(C2(C)CCN(C(=O)OC(C)(C)C)CC2)sc1-c1ccnc(Cl)n1. The van der Waals surface area contributed by atoms with Crippen LogP contribution in [-0.4, -0.2) is 44.6 Å². The Morgan fingerprint density at radius 3 is 2.66 bits per heavy atom. The molecule has 1 fully saturated rings. The van der Waals surface area contributed by atoms with Crippen molar-refractivity contribution in [2.75, 3.05) is 13.1 Å². The van der Waals surface area contributed by atoms with Gasteiger partial charge in [0.25, 0.3) is 0 Å². The summed E-state index contributed by atoms with van der Waals surface area (Å²) >= 11 is 7.62. The van der Waals surface area contributed by atoms with E-state index in [1.807, 2.05) is 26.8 Å². The van der Waals surface area contributed by atoms with E-state index in [0.29, 0.717) is 25.2 Å². The van der Waals surface area contributed by atoms with Gasteiger partial charge in [-0.25, -0.2) is 24.1 Å². The second-order valence-corrected chi connectivity index (χ2v) is 11.0. The fourth-order valence-corrected chi connectivity index (χ4v) is 4.99. The largest absolute Gasteiger partial charge is 0.444 e. The van der Waals surface area contributed by atoms with Gasteiger partial charge in [0.1, 0.15) is 11.4 Å². The molecule has 1 aliphatic heterocycles. The molecule has 0 spiro atoms. The number of carbonyl (C=O) groups is 1. The molecule has 2 aromatic rings. The number of hydrogen-bond donors (Lipinski definition) is 1. The Hall–Kier alpha value is -2.78. The van der Waals surface area contributed by atoms with Crippen LogP contribution in [0.15, 0.2) is 48.6 Å². The van der Waals surface area contributed by atoms with Crippen molar-refractivity contribution in [1.82, 2.24) is 19.9 Å². The molecule has 3 heterocycles. The molecule has 7 nitrogen and oxygen atoms in total. The smallest absolute Gasteiger partial charge is 0.410 e. The molecule has 188 valence electrons. The summed E-state index contributed by atoms with van der Waals surface area (Å²) in [4.78, 5) is 28.5. The minimum atomic E-state index is -0.674. The number of rotatable bonds is 6. The molecule has 1 aliphatic rings. The number of hydrogen-bond acceptors (Lipinski definition) is 7. The van der Waals surface area contributed by atoms with Crippen LogP contribution in [0.1, 0.15) is 51.2 Å². The van der Waals surface area contributed by atoms with Crippen molar-refractivity contribution in [2.24, 2.45) is 5.73 Å². The highest BCUT2D eigenvalue weighted by molar-refractivity contribution is 7.15. The molecule has 3 rings (SSSR count). The zero-order chi connectivity index (χ0) is 25.8. The topological polar surface area (TPSA) is 94.2 Å². The monoisotopic (exact) mass is 519 g/mol. The summed E-state index contributed by atoms with van der Waals surface area (Å²) in [5.41, 5.74) is 6.35. The summed E-state index contributed by atoms with van der Waals surface area (Å²) in [5, 5.41) is 1.13. The van der Waals surface area contributed by atoms with Gasteiger partial charge in [-0.3, -0.25) is 0 Å². The number of ether oxygens (including phenoxy) is 1. The van der Waals surface area contributed by atoms with Crippen LogP contribution in [0, 0.1) is 0 Å². The fraction of sp³-hybridized carbons (Fsp3) is 0.440. The van der Waals surface area contributed by atoms with E-state index in [-0.39, 0.29) is 22.5 Å². The van der Waals surface area contributed by atoms with Crippen molar-refractivity contribution in [3.8, 4) is 10.6 Å². The second-order valence-electron chi connectivity index (χ2n) is 9.69. The Kier molecular flexibility index (Phi) is 8.33. The van der Waals surface area contributed by atoms with E-state index in [4.69, 9.17) is 27.1 Å². The Morgan fingerprint density at radius 2 is 2.06 bits per heavy atom. The number of piperidine rings is 1. The number of nitrogens with zero attached hydrogens (tertiary/aromatic N) is 4. The van der Waals surface area contributed by atoms with Gasteiger partial charge in [0.05, 0.1) is 27.0 Å². The van der Waals surface area contributed by atoms with Crippen LogP contribution in [0.25, 0.3) is 10.6 Å². The van der Waals surface area contributed by atoms with Gasteiger partial charge >= 0.3 is 6.09 Å². The molecule has 2 N–H and O–H groups in total. The number of likely N-dealkylation sites (tertiary alicyclic amines) is 1. The molecule has 10 heteroatoms. The van der Waals surface area contributed by atoms with E-state index < -0.39 is 11.4 Å². The number of nitrogens with two attached hydrogens (primary N) is 1. The molecule has 1 saturated heterocycles. The molecule has 0 bridgehead atoms. The average Bonchev–Trinajstić information content (AvgIpc) is 3.21. The number of carbonyl (C=O) groups excluding carboxylic acids is 1. The van der Waals surface area contributed by atoms with Gasteiger partial charge in [0.2, 0.25) is 5.28 Å². The maximum absolute atomic E-state index is 13.1. The van der Waals surface area contributed by atoms with Gasteiger partial charge in [0, 0.05) is 31.1 Å². The van der Waals surface area contributed by atoms with Crippen molar-refractivity contribution in [2.45, 2.75) is 58.0 Å². The molecule has 0 aromatic carbocycles. The fourth-order valence-electron chi connectivity index (χ4n) is 3.57. The highest BCUT2D eigenvalue weighted by atomic mass is 35.5. The predicted octanol–water partition coefficient (Wildman–Crippen LogP) is 5.97. The summed E-state index contributed by atoms with van der Waals surface area (Å²) in [6.45, 7) is 12.1. The van der Waals surface area contributed by atoms with Gasteiger partial charge in [0.15, 0.2) is 0 Å². The highest BCUT2D eigenvalue weighted by Crippen LogP contribution is 2.41. The average molecular weight is 520 g/mol. The summed E-state index contributed by atoms with van der Waals surface area (Å²) in [6.07, 6.45) is 8.34. The van der Waals surface area contributed by atoms with E-state index >= 15 is 0 Å². The van der Waals surface area contributed by atoms with Crippen LogP contribution >= 0.6 is 22.9 Å². The van der Waals surface area contributed by atoms with Gasteiger partial charge in [-0.15, -0.1) is 11.3 Å². The molecular weight excluding hydrogens is 489 g/mol. The Morgan fingerprint density at radius 1 is 1.37 bits per heavy atom. The summed E-state index contributed by atoms with van der Waals surface area (Å²) < 4.78 is 18.6. The standard InChI is InChI=1S/C25H31ClFN5O2S/c1-16(27)17(28)8-6-7-9-18-20(19-10-13-29-22(26)31-19)35-21(30-18)25(5)11-14-32(15-12-25)23(33)34-24(2,3)4/h6-8,10,13H,1,9,11-12,14-15,28H2,2-5H3/b7-6-,17-8+. The maximum Gasteiger partial charge on any atom is 0.410 e. The first-order chi connectivity index (χ1) is 16.4.